The summed E-state index contributed by atoms with van der Waals surface area (Å²) >= 11 is 0. The van der Waals surface area contributed by atoms with Gasteiger partial charge in [0.15, 0.2) is 11.5 Å². The van der Waals surface area contributed by atoms with Gasteiger partial charge in [-0.25, -0.2) is 4.79 Å². The highest BCUT2D eigenvalue weighted by atomic mass is 16.9. The molecule has 1 aromatic carbocycles. The van der Waals surface area contributed by atoms with E-state index in [9.17, 15) is 29.6 Å². The number of hydrogen-bond donors (Lipinski definition) is 2. The van der Waals surface area contributed by atoms with E-state index in [0.29, 0.717) is 30.8 Å². The summed E-state index contributed by atoms with van der Waals surface area (Å²) in [5.74, 6) is -1.46. The Bertz CT molecular complexity index is 1200. The van der Waals surface area contributed by atoms with E-state index in [-0.39, 0.29) is 26.2 Å². The number of rotatable bonds is 16. The number of amides is 1. The van der Waals surface area contributed by atoms with Crippen molar-refractivity contribution in [1.82, 2.24) is 10.2 Å². The number of aliphatic carboxylic acids is 1. The van der Waals surface area contributed by atoms with Crippen LogP contribution in [0.3, 0.4) is 0 Å². The lowest BCUT2D eigenvalue weighted by Gasteiger charge is -2.31. The van der Waals surface area contributed by atoms with Crippen molar-refractivity contribution in [3.8, 4) is 0 Å². The monoisotopic (exact) mass is 633 g/mol. The summed E-state index contributed by atoms with van der Waals surface area (Å²) in [6.45, 7) is 10.8. The highest BCUT2D eigenvalue weighted by molar-refractivity contribution is 5.88. The number of allylic oxidation sites excluding steroid dienone is 1. The van der Waals surface area contributed by atoms with Crippen LogP contribution in [0.5, 0.6) is 0 Å². The molecule has 45 heavy (non-hydrogen) atoms. The molecule has 0 bridgehead atoms. The molecule has 3 unspecified atom stereocenters. The fraction of sp³-hybridized carbons (Fsp3) is 0.531. The van der Waals surface area contributed by atoms with Gasteiger partial charge in [0.05, 0.1) is 33.5 Å². The highest BCUT2D eigenvalue weighted by Gasteiger charge is 2.36. The normalized spacial score (nSPS) is 16.3. The van der Waals surface area contributed by atoms with Crippen LogP contribution in [0.15, 0.2) is 65.7 Å². The molecule has 13 nitrogen and oxygen atoms in total. The Morgan fingerprint density at radius 1 is 1.13 bits per heavy atom. The Morgan fingerprint density at radius 3 is 2.31 bits per heavy atom. The van der Waals surface area contributed by atoms with E-state index in [4.69, 9.17) is 14.2 Å². The zero-order chi connectivity index (χ0) is 33.9. The van der Waals surface area contributed by atoms with Crippen molar-refractivity contribution in [2.24, 2.45) is 0 Å². The molecule has 3 atom stereocenters. The standard InChI is InChI=1S/C24H37N3O10.C8H10/c1-15-13-20(24(31)36-11-7-8-12-37-27(32)33)26(22(28)16(2)25-17(3)23(29)30)10-9-19(15)14-21(35-6)18(4)34-5;1-2-8-6-4-3-5-7-8/h14,16-17,20,25H,4,7-13H2,1-3,5-6H3,(H,29,30);3-7H,2H2,1H3/b21-14+;. The number of carbonyl (C=O) groups excluding carboxylic acids is 2. The van der Waals surface area contributed by atoms with Crippen LogP contribution in [0.1, 0.15) is 58.9 Å². The SMILES string of the molecule is C=C(OC)/C(=C\C1=C(C)CC(C(=O)OCCCCO[N+](=O)[O-])N(C(=O)C(C)NC(C)C(=O)O)CC1)OC.CCc1ccccc1. The molecular formula is C32H47N3O10. The van der Waals surface area contributed by atoms with Gasteiger partial charge in [-0.15, -0.1) is 10.1 Å². The average molecular weight is 634 g/mol. The van der Waals surface area contributed by atoms with Gasteiger partial charge in [0.1, 0.15) is 12.1 Å². The van der Waals surface area contributed by atoms with Crippen LogP contribution in [0.2, 0.25) is 0 Å². The zero-order valence-corrected chi connectivity index (χ0v) is 27.1. The van der Waals surface area contributed by atoms with E-state index >= 15 is 0 Å². The lowest BCUT2D eigenvalue weighted by atomic mass is 10.0. The molecule has 1 aliphatic heterocycles. The van der Waals surface area contributed by atoms with Crippen LogP contribution in [0, 0.1) is 10.1 Å². The van der Waals surface area contributed by atoms with E-state index in [1.807, 2.05) is 13.0 Å². The van der Waals surface area contributed by atoms with Gasteiger partial charge in [-0.2, -0.15) is 0 Å². The third-order valence-corrected chi connectivity index (χ3v) is 7.12. The number of unbranched alkanes of at least 4 members (excludes halogenated alkanes) is 1. The quantitative estimate of drug-likeness (QED) is 0.0668. The lowest BCUT2D eigenvalue weighted by molar-refractivity contribution is -0.757. The third-order valence-electron chi connectivity index (χ3n) is 7.12. The molecule has 2 N–H and O–H groups in total. The summed E-state index contributed by atoms with van der Waals surface area (Å²) in [6.07, 6.45) is 4.12. The second-order valence-corrected chi connectivity index (χ2v) is 10.4. The zero-order valence-electron chi connectivity index (χ0n) is 27.1. The molecule has 13 heteroatoms. The van der Waals surface area contributed by atoms with Gasteiger partial charge in [0.25, 0.3) is 5.09 Å². The summed E-state index contributed by atoms with van der Waals surface area (Å²) in [5, 5.41) is 21.3. The first-order valence-electron chi connectivity index (χ1n) is 14.8. The van der Waals surface area contributed by atoms with Gasteiger partial charge in [-0.05, 0) is 70.1 Å². The van der Waals surface area contributed by atoms with Crippen molar-refractivity contribution in [2.75, 3.05) is 34.0 Å². The molecule has 0 aromatic heterocycles. The minimum absolute atomic E-state index is 0.000697. The topological polar surface area (TPSA) is 167 Å². The van der Waals surface area contributed by atoms with Crippen LogP contribution in [0.25, 0.3) is 0 Å². The maximum Gasteiger partial charge on any atom is 0.329 e. The molecule has 250 valence electrons. The molecule has 0 aliphatic carbocycles. The lowest BCUT2D eigenvalue weighted by Crippen LogP contribution is -2.54. The van der Waals surface area contributed by atoms with Crippen molar-refractivity contribution in [3.05, 3.63) is 81.3 Å². The number of carbonyl (C=O) groups is 3. The number of methoxy groups -OCH3 is 2. The predicted molar refractivity (Wildman–Crippen MR) is 167 cm³/mol. The first-order valence-corrected chi connectivity index (χ1v) is 14.8. The number of carboxylic acid groups (broad SMARTS) is 1. The molecule has 0 spiro atoms. The largest absolute Gasteiger partial charge is 0.494 e. The number of ether oxygens (including phenoxy) is 3. The number of nitrogens with zero attached hydrogens (tertiary/aromatic N) is 2. The summed E-state index contributed by atoms with van der Waals surface area (Å²) in [4.78, 5) is 53.5. The molecular weight excluding hydrogens is 586 g/mol. The van der Waals surface area contributed by atoms with E-state index in [2.05, 4.69) is 47.9 Å². The summed E-state index contributed by atoms with van der Waals surface area (Å²) in [5.41, 5.74) is 3.07. The fourth-order valence-corrected chi connectivity index (χ4v) is 4.42. The smallest absolute Gasteiger partial charge is 0.329 e. The second kappa shape index (κ2) is 20.5. The maximum absolute atomic E-state index is 13.3. The van der Waals surface area contributed by atoms with E-state index in [1.54, 1.807) is 6.08 Å². The highest BCUT2D eigenvalue weighted by Crippen LogP contribution is 2.27. The summed E-state index contributed by atoms with van der Waals surface area (Å²) in [7, 11) is 2.94. The fourth-order valence-electron chi connectivity index (χ4n) is 4.42. The molecule has 0 saturated carbocycles. The van der Waals surface area contributed by atoms with E-state index < -0.39 is 41.1 Å². The summed E-state index contributed by atoms with van der Waals surface area (Å²) in [6, 6.07) is 7.66. The van der Waals surface area contributed by atoms with Crippen molar-refractivity contribution < 1.29 is 43.6 Å². The van der Waals surface area contributed by atoms with Crippen molar-refractivity contribution in [3.63, 3.8) is 0 Å². The first-order chi connectivity index (χ1) is 21.4. The second-order valence-electron chi connectivity index (χ2n) is 10.4. The minimum Gasteiger partial charge on any atom is -0.494 e. The van der Waals surface area contributed by atoms with E-state index in [1.165, 1.54) is 38.5 Å². The number of aryl methyl sites for hydroxylation is 1. The maximum atomic E-state index is 13.3. The molecule has 1 aliphatic rings. The Balaban J connectivity index is 0.00000109. The van der Waals surface area contributed by atoms with Crippen LogP contribution >= 0.6 is 0 Å². The number of hydrogen-bond acceptors (Lipinski definition) is 10. The molecule has 0 fully saturated rings. The molecule has 1 amide bonds. The van der Waals surface area contributed by atoms with Gasteiger partial charge in [0, 0.05) is 6.54 Å². The Kier molecular flexibility index (Phi) is 17.6. The predicted octanol–water partition coefficient (Wildman–Crippen LogP) is 4.22. The minimum atomic E-state index is -1.11. The number of nitrogens with one attached hydrogen (secondary N) is 1. The molecule has 1 heterocycles. The Hall–Kier alpha value is -4.39. The molecule has 2 rings (SSSR count). The number of carboxylic acids is 1. The van der Waals surface area contributed by atoms with Crippen molar-refractivity contribution in [1.29, 1.82) is 0 Å². The molecule has 0 radical (unpaired) electrons. The molecule has 0 saturated heterocycles. The number of benzene rings is 1. The van der Waals surface area contributed by atoms with Gasteiger partial charge in [-0.1, -0.05) is 49.4 Å². The molecule has 1 aromatic rings. The van der Waals surface area contributed by atoms with Gasteiger partial charge in [-0.3, -0.25) is 14.9 Å². The van der Waals surface area contributed by atoms with Crippen LogP contribution in [-0.4, -0.2) is 85.0 Å². The average Bonchev–Trinajstić information content (AvgIpc) is 3.19. The first kappa shape index (κ1) is 38.6. The van der Waals surface area contributed by atoms with Crippen LogP contribution in [0.4, 0.5) is 0 Å². The van der Waals surface area contributed by atoms with Crippen LogP contribution in [-0.2, 0) is 39.9 Å². The van der Waals surface area contributed by atoms with Crippen LogP contribution < -0.4 is 5.32 Å². The van der Waals surface area contributed by atoms with Gasteiger partial charge >= 0.3 is 11.9 Å². The van der Waals surface area contributed by atoms with E-state index in [0.717, 1.165) is 17.6 Å². The van der Waals surface area contributed by atoms with Crippen molar-refractivity contribution >= 4 is 17.8 Å². The summed E-state index contributed by atoms with van der Waals surface area (Å²) < 4.78 is 15.9. The Morgan fingerprint density at radius 2 is 1.78 bits per heavy atom. The number of esters is 1. The van der Waals surface area contributed by atoms with Gasteiger partial charge in [0.2, 0.25) is 5.91 Å². The Labute approximate surface area is 265 Å². The van der Waals surface area contributed by atoms with Gasteiger partial charge < -0.3 is 29.1 Å². The van der Waals surface area contributed by atoms with Crippen molar-refractivity contribution in [2.45, 2.75) is 77.9 Å². The third kappa shape index (κ3) is 13.8.